The molecule has 3 aliphatic heterocycles. The van der Waals surface area contributed by atoms with Gasteiger partial charge >= 0.3 is 0 Å². The topological polar surface area (TPSA) is 66.9 Å². The molecule has 3 heterocycles. The quantitative estimate of drug-likeness (QED) is 0.290. The number of nitrogens with zero attached hydrogens (tertiary/aromatic N) is 2. The number of anilines is 2. The van der Waals surface area contributed by atoms with E-state index in [2.05, 4.69) is 31.9 Å². The fourth-order valence-corrected chi connectivity index (χ4v) is 6.45. The molecule has 0 aromatic heterocycles. The van der Waals surface area contributed by atoms with E-state index in [0.717, 1.165) is 15.7 Å². The van der Waals surface area contributed by atoms with E-state index in [1.807, 2.05) is 41.3 Å². The summed E-state index contributed by atoms with van der Waals surface area (Å²) in [6.45, 7) is 0. The maximum Gasteiger partial charge on any atom is 0.240 e. The number of Topliss-reactive ketones (excluding diaryl/α,β-unsaturated/α-hetero) is 1. The average molecular weight is 608 g/mol. The lowest BCUT2D eigenvalue weighted by Gasteiger charge is -2.36. The van der Waals surface area contributed by atoms with Gasteiger partial charge < -0.3 is 9.64 Å². The summed E-state index contributed by atoms with van der Waals surface area (Å²) >= 11 is 6.87. The highest BCUT2D eigenvalue weighted by molar-refractivity contribution is 9.10. The van der Waals surface area contributed by atoms with Crippen LogP contribution < -0.4 is 14.5 Å². The van der Waals surface area contributed by atoms with Gasteiger partial charge in [0, 0.05) is 15.7 Å². The molecule has 36 heavy (non-hydrogen) atoms. The molecule has 2 amide bonds. The smallest absolute Gasteiger partial charge is 0.240 e. The first kappa shape index (κ1) is 23.2. The normalized spacial score (nSPS) is 24.0. The van der Waals surface area contributed by atoms with Crippen molar-refractivity contribution in [2.45, 2.75) is 12.1 Å². The van der Waals surface area contributed by atoms with E-state index < -0.39 is 23.9 Å². The van der Waals surface area contributed by atoms with Crippen LogP contribution in [0.1, 0.15) is 15.9 Å². The molecule has 3 aromatic carbocycles. The van der Waals surface area contributed by atoms with E-state index in [-0.39, 0.29) is 17.6 Å². The number of imide groups is 1. The van der Waals surface area contributed by atoms with Crippen molar-refractivity contribution in [2.24, 2.45) is 11.8 Å². The van der Waals surface area contributed by atoms with Gasteiger partial charge in [0.15, 0.2) is 5.78 Å². The van der Waals surface area contributed by atoms with Crippen LogP contribution in [0, 0.1) is 11.8 Å². The summed E-state index contributed by atoms with van der Waals surface area (Å²) in [7, 11) is 1.56. The van der Waals surface area contributed by atoms with Crippen LogP contribution in [0.2, 0.25) is 0 Å². The van der Waals surface area contributed by atoms with E-state index in [9.17, 15) is 14.4 Å². The highest BCUT2D eigenvalue weighted by Crippen LogP contribution is 2.50. The highest BCUT2D eigenvalue weighted by Gasteiger charge is 2.64. The minimum absolute atomic E-state index is 0.209. The van der Waals surface area contributed by atoms with Gasteiger partial charge in [0.2, 0.25) is 11.8 Å². The summed E-state index contributed by atoms with van der Waals surface area (Å²) in [5, 5.41) is 0. The number of carbonyl (C=O) groups is 3. The van der Waals surface area contributed by atoms with E-state index >= 15 is 0 Å². The third-order valence-corrected chi connectivity index (χ3v) is 8.35. The summed E-state index contributed by atoms with van der Waals surface area (Å²) in [6, 6.07) is 18.7. The first-order valence-corrected chi connectivity index (χ1v) is 13.1. The summed E-state index contributed by atoms with van der Waals surface area (Å²) in [6.07, 6.45) is 3.93. The molecule has 2 saturated heterocycles. The van der Waals surface area contributed by atoms with Crippen molar-refractivity contribution in [3.63, 3.8) is 0 Å². The van der Waals surface area contributed by atoms with E-state index in [4.69, 9.17) is 4.74 Å². The van der Waals surface area contributed by atoms with Crippen LogP contribution in [0.25, 0.3) is 6.08 Å². The first-order chi connectivity index (χ1) is 17.4. The number of carbonyl (C=O) groups excluding carboxylic acids is 3. The Labute approximate surface area is 224 Å². The SMILES string of the molecule is COc1ccc(C(=O)[C@@H]2[C@@H]3C(=O)N(c4ccc(Br)cc4)C(=O)[C@@H]3[C@@H]3C=Cc4ccccc4N23)cc1Br. The van der Waals surface area contributed by atoms with Crippen molar-refractivity contribution >= 4 is 66.9 Å². The number of hydrogen-bond acceptors (Lipinski definition) is 5. The maximum atomic E-state index is 14.1. The fraction of sp³-hybridized carbons (Fsp3) is 0.179. The van der Waals surface area contributed by atoms with E-state index in [0.29, 0.717) is 21.5 Å². The Morgan fingerprint density at radius 3 is 2.36 bits per heavy atom. The van der Waals surface area contributed by atoms with Crippen LogP contribution in [0.15, 0.2) is 81.8 Å². The zero-order valence-corrected chi connectivity index (χ0v) is 22.3. The first-order valence-electron chi connectivity index (χ1n) is 11.5. The summed E-state index contributed by atoms with van der Waals surface area (Å²) in [4.78, 5) is 45.1. The third kappa shape index (κ3) is 3.38. The molecule has 180 valence electrons. The van der Waals surface area contributed by atoms with Crippen LogP contribution in [0.5, 0.6) is 5.75 Å². The Bertz CT molecular complexity index is 1450. The Morgan fingerprint density at radius 1 is 0.917 bits per heavy atom. The molecule has 0 aliphatic carbocycles. The van der Waals surface area contributed by atoms with Gasteiger partial charge in [-0.3, -0.25) is 14.4 Å². The molecule has 0 saturated carbocycles. The summed E-state index contributed by atoms with van der Waals surface area (Å²) in [5.74, 6) is -1.71. The minimum atomic E-state index is -0.830. The monoisotopic (exact) mass is 606 g/mol. The molecule has 2 fully saturated rings. The Balaban J connectivity index is 1.48. The number of hydrogen-bond donors (Lipinski definition) is 0. The molecule has 6 nitrogen and oxygen atoms in total. The van der Waals surface area contributed by atoms with Crippen molar-refractivity contribution in [1.82, 2.24) is 0 Å². The van der Waals surface area contributed by atoms with E-state index in [1.54, 1.807) is 49.6 Å². The van der Waals surface area contributed by atoms with Crippen LogP contribution in [0.4, 0.5) is 11.4 Å². The molecule has 8 heteroatoms. The molecule has 0 unspecified atom stereocenters. The largest absolute Gasteiger partial charge is 0.496 e. The van der Waals surface area contributed by atoms with E-state index in [1.165, 1.54) is 4.90 Å². The third-order valence-electron chi connectivity index (χ3n) is 7.20. The second kappa shape index (κ2) is 8.71. The van der Waals surface area contributed by atoms with Gasteiger partial charge in [-0.25, -0.2) is 4.90 Å². The lowest BCUT2D eigenvalue weighted by molar-refractivity contribution is -0.122. The summed E-state index contributed by atoms with van der Waals surface area (Å²) < 4.78 is 6.82. The molecule has 0 bridgehead atoms. The standard InChI is InChI=1S/C28H20Br2N2O4/c1-36-22-13-7-16(14-19(22)30)26(33)25-24-23(21-12-6-15-4-2-3-5-20(15)32(21)25)27(34)31(28(24)35)18-10-8-17(29)9-11-18/h2-14,21,23-25H,1H3/t21-,23+,24+,25-/m0/s1. The van der Waals surface area contributed by atoms with Gasteiger partial charge in [-0.1, -0.05) is 46.3 Å². The predicted octanol–water partition coefficient (Wildman–Crippen LogP) is 5.49. The van der Waals surface area contributed by atoms with Crippen molar-refractivity contribution < 1.29 is 19.1 Å². The number of ether oxygens (including phenoxy) is 1. The number of amides is 2. The second-order valence-electron chi connectivity index (χ2n) is 9.01. The minimum Gasteiger partial charge on any atom is -0.496 e. The molecule has 0 spiro atoms. The van der Waals surface area contributed by atoms with Crippen LogP contribution in [-0.4, -0.2) is 36.8 Å². The predicted molar refractivity (Wildman–Crippen MR) is 144 cm³/mol. The number of fused-ring (bicyclic) bond motifs is 5. The molecule has 3 aliphatic rings. The molecular weight excluding hydrogens is 588 g/mol. The van der Waals surface area contributed by atoms with Crippen molar-refractivity contribution in [3.05, 3.63) is 92.9 Å². The zero-order valence-electron chi connectivity index (χ0n) is 19.1. The zero-order chi connectivity index (χ0) is 25.1. The Kier molecular flexibility index (Phi) is 5.61. The number of para-hydroxylation sites is 1. The fourth-order valence-electron chi connectivity index (χ4n) is 5.65. The molecule has 0 N–H and O–H groups in total. The van der Waals surface area contributed by atoms with Gasteiger partial charge in [0.05, 0.1) is 35.1 Å². The molecule has 0 radical (unpaired) electrons. The number of halogens is 2. The van der Waals surface area contributed by atoms with Crippen molar-refractivity contribution in [1.29, 1.82) is 0 Å². The Hall–Kier alpha value is -3.23. The van der Waals surface area contributed by atoms with Crippen LogP contribution in [-0.2, 0) is 9.59 Å². The van der Waals surface area contributed by atoms with Crippen LogP contribution in [0.3, 0.4) is 0 Å². The number of methoxy groups -OCH3 is 1. The van der Waals surface area contributed by atoms with Crippen molar-refractivity contribution in [2.75, 3.05) is 16.9 Å². The highest BCUT2D eigenvalue weighted by atomic mass is 79.9. The maximum absolute atomic E-state index is 14.1. The van der Waals surface area contributed by atoms with Gasteiger partial charge in [0.25, 0.3) is 0 Å². The Morgan fingerprint density at radius 2 is 1.64 bits per heavy atom. The lowest BCUT2D eigenvalue weighted by atomic mass is 9.86. The van der Waals surface area contributed by atoms with Gasteiger partial charge in [-0.2, -0.15) is 0 Å². The number of benzene rings is 3. The lowest BCUT2D eigenvalue weighted by Crippen LogP contribution is -2.48. The second-order valence-corrected chi connectivity index (χ2v) is 10.8. The van der Waals surface area contributed by atoms with Crippen molar-refractivity contribution in [3.8, 4) is 5.75 Å². The van der Waals surface area contributed by atoms with Gasteiger partial charge in [-0.15, -0.1) is 0 Å². The number of ketones is 1. The number of rotatable bonds is 4. The molecular formula is C28H20Br2N2O4. The average Bonchev–Trinajstić information content (AvgIpc) is 3.37. The molecule has 4 atom stereocenters. The summed E-state index contributed by atoms with van der Waals surface area (Å²) in [5.41, 5.74) is 2.75. The molecule has 3 aromatic rings. The van der Waals surface area contributed by atoms with Gasteiger partial charge in [-0.05, 0) is 70.0 Å². The molecule has 6 rings (SSSR count). The van der Waals surface area contributed by atoms with Crippen LogP contribution >= 0.6 is 31.9 Å². The van der Waals surface area contributed by atoms with Gasteiger partial charge in [0.1, 0.15) is 11.8 Å².